The Morgan fingerprint density at radius 3 is 2.72 bits per heavy atom. The number of hydrogen-bond acceptors (Lipinski definition) is 6. The van der Waals surface area contributed by atoms with Crippen molar-refractivity contribution in [3.63, 3.8) is 0 Å². The lowest BCUT2D eigenvalue weighted by Crippen LogP contribution is -2.25. The highest BCUT2D eigenvalue weighted by atomic mass is 35.5. The smallest absolute Gasteiger partial charge is 0.338 e. The number of ether oxygens (including phenoxy) is 1. The van der Waals surface area contributed by atoms with E-state index < -0.39 is 22.1 Å². The van der Waals surface area contributed by atoms with Gasteiger partial charge in [0.2, 0.25) is 0 Å². The Labute approximate surface area is 154 Å². The zero-order valence-electron chi connectivity index (χ0n) is 14.6. The second-order valence-electron chi connectivity index (χ2n) is 6.28. The molecule has 0 fully saturated rings. The maximum Gasteiger partial charge on any atom is 0.338 e. The number of nitrogens with zero attached hydrogens (tertiary/aromatic N) is 2. The largest absolute Gasteiger partial charge is 0.591 e. The number of esters is 1. The molecule has 134 valence electrons. The van der Waals surface area contributed by atoms with Gasteiger partial charge in [-0.1, -0.05) is 27.2 Å². The monoisotopic (exact) mass is 382 g/mol. The Morgan fingerprint density at radius 1 is 1.44 bits per heavy atom. The van der Waals surface area contributed by atoms with Gasteiger partial charge in [0.05, 0.1) is 23.9 Å². The quantitative estimate of drug-likeness (QED) is 0.453. The van der Waals surface area contributed by atoms with Crippen LogP contribution in [0.5, 0.6) is 0 Å². The molecule has 8 heteroatoms. The number of aromatic nitrogens is 1. The zero-order valence-corrected chi connectivity index (χ0v) is 16.2. The summed E-state index contributed by atoms with van der Waals surface area (Å²) in [5.74, 6) is -0.221. The number of aryl methyl sites for hydroxylation is 1. The summed E-state index contributed by atoms with van der Waals surface area (Å²) in [6.45, 7) is 7.21. The molecule has 0 aliphatic carbocycles. The van der Waals surface area contributed by atoms with Crippen molar-refractivity contribution < 1.29 is 18.6 Å². The van der Waals surface area contributed by atoms with Crippen molar-refractivity contribution in [2.75, 3.05) is 7.11 Å². The predicted molar refractivity (Wildman–Crippen MR) is 98.5 cm³/mol. The number of halogens is 1. The lowest BCUT2D eigenvalue weighted by molar-refractivity contribution is 0.0601. The van der Waals surface area contributed by atoms with E-state index in [1.165, 1.54) is 19.4 Å². The van der Waals surface area contributed by atoms with Gasteiger partial charge in [0.1, 0.15) is 22.3 Å². The van der Waals surface area contributed by atoms with E-state index in [9.17, 15) is 9.35 Å². The second kappa shape index (κ2) is 7.59. The molecule has 0 aliphatic rings. The summed E-state index contributed by atoms with van der Waals surface area (Å²) in [4.78, 5) is 12.1. The molecule has 0 spiro atoms. The van der Waals surface area contributed by atoms with E-state index in [2.05, 4.69) is 9.55 Å². The Balaban J connectivity index is 2.54. The fraction of sp³-hybridized carbons (Fsp3) is 0.353. The Hall–Kier alpha value is -1.83. The molecule has 1 heterocycles. The molecule has 0 saturated carbocycles. The van der Waals surface area contributed by atoms with Crippen LogP contribution in [0.3, 0.4) is 0 Å². The molecule has 0 unspecified atom stereocenters. The highest BCUT2D eigenvalue weighted by Crippen LogP contribution is 2.32. The molecule has 6 nitrogen and oxygen atoms in total. The van der Waals surface area contributed by atoms with Gasteiger partial charge in [-0.05, 0) is 39.8 Å². The minimum atomic E-state index is -1.44. The molecule has 2 aromatic rings. The number of carbonyl (C=O) groups excluding carboxylic acids is 1. The minimum Gasteiger partial charge on any atom is -0.591 e. The standard InChI is InChI=1S/C17H19ClN2O4S/c1-10-15(12-7-6-11(18)8-13(12)16(21)23-5)14(24-20-10)9-19-25(22)17(2,3)4/h6-9H,1-5H3/b19-9+/t25-/m1/s1. The third-order valence-corrected chi connectivity index (χ3v) is 4.91. The van der Waals surface area contributed by atoms with Crippen LogP contribution >= 0.6 is 11.6 Å². The zero-order chi connectivity index (χ0) is 18.8. The van der Waals surface area contributed by atoms with Gasteiger partial charge in [-0.3, -0.25) is 0 Å². The van der Waals surface area contributed by atoms with Crippen molar-refractivity contribution >= 4 is 35.1 Å². The van der Waals surface area contributed by atoms with Gasteiger partial charge in [-0.15, -0.1) is 0 Å². The molecule has 0 bridgehead atoms. The Bertz CT molecular complexity index is 811. The number of carbonyl (C=O) groups is 1. The summed E-state index contributed by atoms with van der Waals surface area (Å²) < 4.78 is 25.8. The van der Waals surface area contributed by atoms with Gasteiger partial charge < -0.3 is 13.8 Å². The number of benzene rings is 1. The van der Waals surface area contributed by atoms with Gasteiger partial charge in [-0.2, -0.15) is 0 Å². The first-order valence-corrected chi connectivity index (χ1v) is 8.94. The van der Waals surface area contributed by atoms with Crippen molar-refractivity contribution in [1.29, 1.82) is 0 Å². The molecule has 0 N–H and O–H groups in total. The molecule has 1 atom stereocenters. The van der Waals surface area contributed by atoms with Crippen LogP contribution in [0.25, 0.3) is 11.1 Å². The maximum absolute atomic E-state index is 12.1. The van der Waals surface area contributed by atoms with Crippen molar-refractivity contribution in [2.45, 2.75) is 32.4 Å². The fourth-order valence-corrected chi connectivity index (χ4v) is 2.75. The highest BCUT2D eigenvalue weighted by Gasteiger charge is 2.27. The van der Waals surface area contributed by atoms with Gasteiger partial charge >= 0.3 is 5.97 Å². The first-order chi connectivity index (χ1) is 11.6. The Kier molecular flexibility index (Phi) is 5.92. The normalized spacial score (nSPS) is 13.2. The molecule has 1 aromatic carbocycles. The van der Waals surface area contributed by atoms with E-state index in [1.54, 1.807) is 19.1 Å². The summed E-state index contributed by atoms with van der Waals surface area (Å²) in [5, 5.41) is 4.34. The lowest BCUT2D eigenvalue weighted by Gasteiger charge is -2.17. The number of hydrogen-bond donors (Lipinski definition) is 0. The minimum absolute atomic E-state index is 0.285. The van der Waals surface area contributed by atoms with Crippen molar-refractivity contribution in [1.82, 2.24) is 5.16 Å². The SMILES string of the molecule is COC(=O)c1cc(Cl)ccc1-c1c(C)noc1/C=N/[S@+]([O-])C(C)(C)C. The second-order valence-corrected chi connectivity index (χ2v) is 8.66. The summed E-state index contributed by atoms with van der Waals surface area (Å²) in [5.41, 5.74) is 1.98. The van der Waals surface area contributed by atoms with Crippen LogP contribution in [0.1, 0.15) is 42.6 Å². The van der Waals surface area contributed by atoms with Gasteiger partial charge in [0, 0.05) is 10.6 Å². The Morgan fingerprint density at radius 2 is 2.12 bits per heavy atom. The molecule has 0 aliphatic heterocycles. The first kappa shape index (κ1) is 19.5. The van der Waals surface area contributed by atoms with Crippen LogP contribution in [-0.2, 0) is 16.1 Å². The summed E-state index contributed by atoms with van der Waals surface area (Å²) in [6.07, 6.45) is 1.37. The number of methoxy groups -OCH3 is 1. The topological polar surface area (TPSA) is 87.8 Å². The van der Waals surface area contributed by atoms with Gasteiger partial charge in [0.25, 0.3) is 0 Å². The molecule has 0 saturated heterocycles. The molecule has 25 heavy (non-hydrogen) atoms. The number of rotatable bonds is 4. The predicted octanol–water partition coefficient (Wildman–Crippen LogP) is 3.97. The summed E-state index contributed by atoms with van der Waals surface area (Å²) in [7, 11) is 1.29. The van der Waals surface area contributed by atoms with E-state index >= 15 is 0 Å². The average molecular weight is 383 g/mol. The van der Waals surface area contributed by atoms with Crippen molar-refractivity contribution in [3.05, 3.63) is 40.2 Å². The average Bonchev–Trinajstić information content (AvgIpc) is 2.91. The van der Waals surface area contributed by atoms with E-state index in [0.717, 1.165) is 0 Å². The van der Waals surface area contributed by atoms with Crippen molar-refractivity contribution in [3.8, 4) is 11.1 Å². The van der Waals surface area contributed by atoms with E-state index in [0.29, 0.717) is 27.6 Å². The van der Waals surface area contributed by atoms with Crippen LogP contribution in [0, 0.1) is 6.92 Å². The van der Waals surface area contributed by atoms with E-state index in [1.807, 2.05) is 20.8 Å². The van der Waals surface area contributed by atoms with Gasteiger partial charge in [0.15, 0.2) is 5.76 Å². The first-order valence-electron chi connectivity index (χ1n) is 7.45. The van der Waals surface area contributed by atoms with Crippen molar-refractivity contribution in [2.24, 2.45) is 4.40 Å². The molecule has 1 aromatic heterocycles. The fourth-order valence-electron chi connectivity index (χ4n) is 2.07. The van der Waals surface area contributed by atoms with Crippen LogP contribution in [0.15, 0.2) is 27.1 Å². The molecule has 2 rings (SSSR count). The third-order valence-electron chi connectivity index (χ3n) is 3.33. The molecule has 0 amide bonds. The third kappa shape index (κ3) is 4.42. The van der Waals surface area contributed by atoms with E-state index in [-0.39, 0.29) is 5.56 Å². The van der Waals surface area contributed by atoms with Crippen LogP contribution in [-0.4, -0.2) is 33.8 Å². The van der Waals surface area contributed by atoms with Crippen LogP contribution in [0.2, 0.25) is 5.02 Å². The van der Waals surface area contributed by atoms with Crippen LogP contribution in [0.4, 0.5) is 0 Å². The summed E-state index contributed by atoms with van der Waals surface area (Å²) >= 11 is 4.55. The summed E-state index contributed by atoms with van der Waals surface area (Å²) in [6, 6.07) is 4.86. The van der Waals surface area contributed by atoms with Gasteiger partial charge in [-0.25, -0.2) is 4.79 Å². The molecular weight excluding hydrogens is 364 g/mol. The highest BCUT2D eigenvalue weighted by molar-refractivity contribution is 7.91. The molecular formula is C17H19ClN2O4S. The van der Waals surface area contributed by atoms with Crippen LogP contribution < -0.4 is 0 Å². The maximum atomic E-state index is 12.1. The lowest BCUT2D eigenvalue weighted by atomic mass is 9.98. The molecule has 0 radical (unpaired) electrons. The van der Waals surface area contributed by atoms with E-state index in [4.69, 9.17) is 20.9 Å².